The lowest BCUT2D eigenvalue weighted by Crippen LogP contribution is -1.95. The first-order valence-corrected chi connectivity index (χ1v) is 26.2. The van der Waals surface area contributed by atoms with Gasteiger partial charge in [-0.25, -0.2) is 4.98 Å². The predicted octanol–water partition coefficient (Wildman–Crippen LogP) is 18.5. The fourth-order valence-corrected chi connectivity index (χ4v) is 7.56. The van der Waals surface area contributed by atoms with Gasteiger partial charge in [0.05, 0.1) is 42.2 Å². The summed E-state index contributed by atoms with van der Waals surface area (Å²) in [4.78, 5) is 11.6. The van der Waals surface area contributed by atoms with Crippen molar-refractivity contribution in [3.63, 3.8) is 0 Å². The van der Waals surface area contributed by atoms with E-state index in [0.717, 1.165) is 35.5 Å². The molecular weight excluding hydrogens is 861 g/mol. The number of pyridine rings is 1. The monoisotopic (exact) mass is 951 g/mol. The summed E-state index contributed by atoms with van der Waals surface area (Å²) in [6, 6.07) is 27.1. The molecule has 2 N–H and O–H groups in total. The third-order valence-electron chi connectivity index (χ3n) is 10.8. The van der Waals surface area contributed by atoms with E-state index in [1.54, 1.807) is 10.8 Å². The molecule has 0 saturated carbocycles. The van der Waals surface area contributed by atoms with Gasteiger partial charge < -0.3 is 4.98 Å². The summed E-state index contributed by atoms with van der Waals surface area (Å²) in [5.41, 5.74) is 15.1. The number of aromatic amines is 2. The van der Waals surface area contributed by atoms with Crippen LogP contribution in [0.5, 0.6) is 0 Å². The van der Waals surface area contributed by atoms with Gasteiger partial charge in [0.2, 0.25) is 0 Å². The number of nitrogens with one attached hydrogen (secondary N) is 2. The highest BCUT2D eigenvalue weighted by Crippen LogP contribution is 2.33. The van der Waals surface area contributed by atoms with Crippen LogP contribution in [0.2, 0.25) is 0 Å². The minimum Gasteiger partial charge on any atom is -0.346 e. The van der Waals surface area contributed by atoms with E-state index in [-0.39, 0.29) is 0 Å². The number of fused-ring (bicyclic) bond motifs is 5. The van der Waals surface area contributed by atoms with E-state index in [1.165, 1.54) is 55.3 Å². The molecule has 5 aromatic heterocycles. The second-order valence-electron chi connectivity index (χ2n) is 16.7. The Kier molecular flexibility index (Phi) is 30.1. The van der Waals surface area contributed by atoms with Gasteiger partial charge in [0.25, 0.3) is 0 Å². The van der Waals surface area contributed by atoms with E-state index in [0.29, 0.717) is 29.6 Å². The molecule has 70 heavy (non-hydrogen) atoms. The molecule has 0 spiro atoms. The number of benzene rings is 3. The summed E-state index contributed by atoms with van der Waals surface area (Å²) in [5, 5.41) is 25.8. The number of rotatable bonds is 5. The first-order chi connectivity index (χ1) is 33.9. The average Bonchev–Trinajstić information content (AvgIpc) is 4.27. The van der Waals surface area contributed by atoms with Crippen molar-refractivity contribution in [2.45, 2.75) is 181 Å². The number of aromatic nitrogens is 7. The summed E-state index contributed by atoms with van der Waals surface area (Å²) in [7, 11) is 0. The highest BCUT2D eigenvalue weighted by molar-refractivity contribution is 5.85. The van der Waals surface area contributed by atoms with Crippen LogP contribution in [0.4, 0.5) is 5.69 Å². The number of azo groups is 1. The molecule has 3 aromatic carbocycles. The number of H-pyrrole nitrogens is 2. The minimum absolute atomic E-state index is 0.506. The molecule has 2 aliphatic heterocycles. The molecule has 0 unspecified atom stereocenters. The van der Waals surface area contributed by atoms with Crippen molar-refractivity contribution >= 4 is 39.4 Å². The Hall–Kier alpha value is -6.29. The molecule has 0 saturated heterocycles. The highest BCUT2D eigenvalue weighted by Gasteiger charge is 2.14. The maximum absolute atomic E-state index is 4.27. The van der Waals surface area contributed by atoms with Gasteiger partial charge in [0.15, 0.2) is 0 Å². The molecular formula is C60H90N10. The van der Waals surface area contributed by atoms with Crippen LogP contribution in [0.1, 0.15) is 213 Å². The van der Waals surface area contributed by atoms with E-state index in [4.69, 9.17) is 0 Å². The highest BCUT2D eigenvalue weighted by atomic mass is 15.4. The van der Waals surface area contributed by atoms with Crippen LogP contribution in [-0.4, -0.2) is 41.2 Å². The summed E-state index contributed by atoms with van der Waals surface area (Å²) in [6.07, 6.45) is 11.3. The van der Waals surface area contributed by atoms with Gasteiger partial charge in [-0.15, -0.1) is 0 Å². The second kappa shape index (κ2) is 34.1. The molecule has 10 rings (SSSR count). The normalized spacial score (nSPS) is 11.0. The van der Waals surface area contributed by atoms with Gasteiger partial charge in [-0.05, 0) is 99.4 Å². The third-order valence-corrected chi connectivity index (χ3v) is 10.8. The lowest BCUT2D eigenvalue weighted by Gasteiger charge is -2.10. The standard InChI is InChI=1S/C11H13N.3C10H12N2.C9H11N3.5C2H6/c1-8(2)10-5-3-4-9-6-12-7-11(9)10;1-7(2)8-3-5-11-10-9(8)4-6-12-10;2*1-7(2)8-4-3-5-10-9(8)6-11-12-10;1-7(2)8-6-11-12-9(8)4-3-5-10-12;5*1-2/h3-6,8H,7H2,1-2H3;3-7H,1-2H3,(H,11,12);3-5,7H,6H2,1-2H3;3-7H,1-2H3,(H,11,12);3-7H,1-2H3;5*1-2H3. The summed E-state index contributed by atoms with van der Waals surface area (Å²) < 4.78 is 1.66. The van der Waals surface area contributed by atoms with Crippen molar-refractivity contribution in [2.24, 2.45) is 15.2 Å². The van der Waals surface area contributed by atoms with Crippen LogP contribution in [0.15, 0.2) is 125 Å². The molecule has 0 amide bonds. The fraction of sp³-hybridized carbons (Fsp3) is 0.450. The average molecular weight is 951 g/mol. The van der Waals surface area contributed by atoms with Crippen molar-refractivity contribution in [1.82, 2.24) is 35.0 Å². The van der Waals surface area contributed by atoms with Gasteiger partial charge >= 0.3 is 0 Å². The zero-order chi connectivity index (χ0) is 52.8. The molecule has 10 nitrogen and oxygen atoms in total. The van der Waals surface area contributed by atoms with Crippen LogP contribution >= 0.6 is 0 Å². The fourth-order valence-electron chi connectivity index (χ4n) is 7.56. The molecule has 0 aliphatic carbocycles. The second-order valence-corrected chi connectivity index (χ2v) is 16.7. The number of hydrogen-bond donors (Lipinski definition) is 2. The van der Waals surface area contributed by atoms with Crippen LogP contribution in [0.3, 0.4) is 0 Å². The van der Waals surface area contributed by atoms with Crippen molar-refractivity contribution in [1.29, 1.82) is 0 Å². The molecule has 2 aliphatic rings. The topological polar surface area (TPSA) is 125 Å². The predicted molar refractivity (Wildman–Crippen MR) is 305 cm³/mol. The van der Waals surface area contributed by atoms with Crippen LogP contribution in [-0.2, 0) is 13.1 Å². The quantitative estimate of drug-likeness (QED) is 0.178. The van der Waals surface area contributed by atoms with Crippen molar-refractivity contribution in [3.8, 4) is 0 Å². The molecule has 0 bridgehead atoms. The molecule has 8 aromatic rings. The van der Waals surface area contributed by atoms with Crippen molar-refractivity contribution in [2.75, 3.05) is 0 Å². The first-order valence-electron chi connectivity index (χ1n) is 26.2. The lowest BCUT2D eigenvalue weighted by molar-refractivity contribution is 0.799. The Bertz CT molecular complexity index is 2520. The summed E-state index contributed by atoms with van der Waals surface area (Å²) in [6.45, 7) is 43.6. The molecule has 10 heteroatoms. The van der Waals surface area contributed by atoms with Gasteiger partial charge in [0, 0.05) is 46.7 Å². The van der Waals surface area contributed by atoms with Gasteiger partial charge in [-0.3, -0.25) is 10.1 Å². The van der Waals surface area contributed by atoms with Crippen molar-refractivity contribution < 1.29 is 0 Å². The Morgan fingerprint density at radius 2 is 1.07 bits per heavy atom. The van der Waals surface area contributed by atoms with Gasteiger partial charge in [-0.2, -0.15) is 30.2 Å². The zero-order valence-corrected chi connectivity index (χ0v) is 46.8. The lowest BCUT2D eigenvalue weighted by atomic mass is 9.95. The zero-order valence-electron chi connectivity index (χ0n) is 46.8. The number of nitrogens with zero attached hydrogens (tertiary/aromatic N) is 8. The first kappa shape index (κ1) is 61.7. The Labute approximate surface area is 423 Å². The Morgan fingerprint density at radius 3 is 1.70 bits per heavy atom. The van der Waals surface area contributed by atoms with Crippen LogP contribution in [0, 0.1) is 0 Å². The van der Waals surface area contributed by atoms with Gasteiger partial charge in [-0.1, -0.05) is 181 Å². The maximum atomic E-state index is 4.27. The smallest absolute Gasteiger partial charge is 0.137 e. The Balaban J connectivity index is 0.000000418. The SMILES string of the molecule is CC.CC.CC.CC.CC.CC(C)c1cccc2[nH]ncc12.CC(C)c1cccc2c1CN=C2.CC(C)c1cccc2c1CN=N2.CC(C)c1ccnc2[nH]ccc12.CC(C)c1cnn2ncccc12. The Morgan fingerprint density at radius 1 is 0.500 bits per heavy atom. The molecule has 0 atom stereocenters. The molecule has 0 fully saturated rings. The molecule has 380 valence electrons. The maximum Gasteiger partial charge on any atom is 0.137 e. The molecule has 0 radical (unpaired) electrons. The third kappa shape index (κ3) is 17.6. The number of aliphatic imine (C=N–C) groups is 1. The van der Waals surface area contributed by atoms with Crippen LogP contribution < -0.4 is 0 Å². The van der Waals surface area contributed by atoms with E-state index in [9.17, 15) is 0 Å². The molecule has 7 heterocycles. The minimum atomic E-state index is 0.506. The largest absolute Gasteiger partial charge is 0.346 e. The van der Waals surface area contributed by atoms with E-state index in [2.05, 4.69) is 169 Å². The van der Waals surface area contributed by atoms with E-state index < -0.39 is 0 Å². The summed E-state index contributed by atoms with van der Waals surface area (Å²) in [5.74, 6) is 2.81. The van der Waals surface area contributed by atoms with Crippen LogP contribution in [0.25, 0.3) is 27.5 Å². The van der Waals surface area contributed by atoms with E-state index >= 15 is 0 Å². The number of hydrogen-bond acceptors (Lipinski definition) is 7. The van der Waals surface area contributed by atoms with Gasteiger partial charge in [0.1, 0.15) is 5.65 Å². The van der Waals surface area contributed by atoms with Crippen molar-refractivity contribution in [3.05, 3.63) is 154 Å². The summed E-state index contributed by atoms with van der Waals surface area (Å²) >= 11 is 0. The van der Waals surface area contributed by atoms with E-state index in [1.807, 2.05) is 125 Å².